The summed E-state index contributed by atoms with van der Waals surface area (Å²) in [6.07, 6.45) is 0. The fraction of sp³-hybridized carbons (Fsp3) is 0.222. The molecule has 0 saturated carbocycles. The molecule has 1 heterocycles. The first-order chi connectivity index (χ1) is 6.18. The summed E-state index contributed by atoms with van der Waals surface area (Å²) in [5.74, 6) is 0.780. The van der Waals surface area contributed by atoms with Gasteiger partial charge in [0.05, 0.1) is 5.69 Å². The zero-order chi connectivity index (χ0) is 9.42. The summed E-state index contributed by atoms with van der Waals surface area (Å²) in [6, 6.07) is 5.78. The Morgan fingerprint density at radius 1 is 1.54 bits per heavy atom. The summed E-state index contributed by atoms with van der Waals surface area (Å²) in [5.41, 5.74) is 0.844. The molecule has 4 heteroatoms. The highest BCUT2D eigenvalue weighted by atomic mass is 127. The Morgan fingerprint density at radius 3 is 3.08 bits per heavy atom. The maximum Gasteiger partial charge on any atom is 0.264 e. The van der Waals surface area contributed by atoms with Gasteiger partial charge in [0, 0.05) is 10.6 Å². The van der Waals surface area contributed by atoms with Crippen LogP contribution in [0.25, 0.3) is 0 Å². The number of ether oxygens (including phenoxy) is 1. The molecule has 0 saturated heterocycles. The van der Waals surface area contributed by atoms with Gasteiger partial charge in [0.1, 0.15) is 5.75 Å². The van der Waals surface area contributed by atoms with Gasteiger partial charge < -0.3 is 9.64 Å². The number of halogens is 1. The van der Waals surface area contributed by atoms with E-state index >= 15 is 0 Å². The minimum Gasteiger partial charge on any atom is -0.482 e. The van der Waals surface area contributed by atoms with Crippen molar-refractivity contribution in [3.05, 3.63) is 21.8 Å². The zero-order valence-corrected chi connectivity index (χ0v) is 9.24. The summed E-state index contributed by atoms with van der Waals surface area (Å²) in [5, 5.41) is 0. The summed E-state index contributed by atoms with van der Waals surface area (Å²) in [6.45, 7) is 0.142. The zero-order valence-electron chi connectivity index (χ0n) is 7.08. The monoisotopic (exact) mass is 289 g/mol. The van der Waals surface area contributed by atoms with Crippen molar-refractivity contribution < 1.29 is 9.53 Å². The van der Waals surface area contributed by atoms with Crippen LogP contribution in [0.15, 0.2) is 18.2 Å². The van der Waals surface area contributed by atoms with Crippen LogP contribution in [-0.4, -0.2) is 19.6 Å². The molecular weight excluding hydrogens is 281 g/mol. The van der Waals surface area contributed by atoms with Crippen LogP contribution in [0.3, 0.4) is 0 Å². The minimum absolute atomic E-state index is 0.00583. The predicted molar refractivity (Wildman–Crippen MR) is 58.1 cm³/mol. The maximum absolute atomic E-state index is 11.2. The molecule has 1 aromatic carbocycles. The number of hydrogen-bond donors (Lipinski definition) is 0. The molecule has 1 aliphatic rings. The molecule has 0 N–H and O–H groups in total. The number of fused-ring (bicyclic) bond motifs is 1. The van der Waals surface area contributed by atoms with Crippen LogP contribution in [0.1, 0.15) is 0 Å². The Labute approximate surface area is 89.8 Å². The fourth-order valence-electron chi connectivity index (χ4n) is 1.25. The lowest BCUT2D eigenvalue weighted by Gasteiger charge is -2.25. The largest absolute Gasteiger partial charge is 0.482 e. The van der Waals surface area contributed by atoms with Gasteiger partial charge in [-0.25, -0.2) is 0 Å². The van der Waals surface area contributed by atoms with Crippen molar-refractivity contribution in [2.45, 2.75) is 0 Å². The molecule has 0 radical (unpaired) electrons. The molecule has 2 rings (SSSR count). The molecule has 1 aliphatic heterocycles. The van der Waals surface area contributed by atoms with Crippen molar-refractivity contribution in [1.82, 2.24) is 0 Å². The van der Waals surface area contributed by atoms with Gasteiger partial charge >= 0.3 is 0 Å². The van der Waals surface area contributed by atoms with Crippen LogP contribution < -0.4 is 9.64 Å². The molecular formula is C9H8INO2. The van der Waals surface area contributed by atoms with Crippen molar-refractivity contribution in [1.29, 1.82) is 0 Å². The fourth-order valence-corrected chi connectivity index (χ4v) is 1.71. The Morgan fingerprint density at radius 2 is 2.31 bits per heavy atom. The number of benzene rings is 1. The van der Waals surface area contributed by atoms with E-state index < -0.39 is 0 Å². The molecule has 1 aromatic rings. The van der Waals surface area contributed by atoms with Crippen molar-refractivity contribution >= 4 is 34.2 Å². The van der Waals surface area contributed by atoms with Gasteiger partial charge in [-0.1, -0.05) is 0 Å². The Balaban J connectivity index is 2.49. The lowest BCUT2D eigenvalue weighted by atomic mass is 10.2. The van der Waals surface area contributed by atoms with E-state index in [-0.39, 0.29) is 12.5 Å². The predicted octanol–water partition coefficient (Wildman–Crippen LogP) is 1.65. The van der Waals surface area contributed by atoms with Crippen molar-refractivity contribution in [2.75, 3.05) is 18.6 Å². The van der Waals surface area contributed by atoms with E-state index in [9.17, 15) is 4.79 Å². The normalized spacial score (nSPS) is 15.2. The van der Waals surface area contributed by atoms with Crippen LogP contribution in [0.4, 0.5) is 5.69 Å². The molecule has 68 valence electrons. The van der Waals surface area contributed by atoms with Gasteiger partial charge in [-0.05, 0) is 40.8 Å². The van der Waals surface area contributed by atoms with Gasteiger partial charge in [0.15, 0.2) is 6.61 Å². The number of nitrogens with zero attached hydrogens (tertiary/aromatic N) is 1. The average molecular weight is 289 g/mol. The van der Waals surface area contributed by atoms with Crippen LogP contribution in [-0.2, 0) is 4.79 Å². The first-order valence-electron chi connectivity index (χ1n) is 3.87. The van der Waals surface area contributed by atoms with Gasteiger partial charge in [0.2, 0.25) is 0 Å². The Hall–Kier alpha value is -0.780. The Bertz CT molecular complexity index is 365. The molecule has 0 bridgehead atoms. The SMILES string of the molecule is CN1C(=O)COc2cc(I)ccc21. The van der Waals surface area contributed by atoms with Crippen LogP contribution >= 0.6 is 22.6 Å². The molecule has 0 aliphatic carbocycles. The smallest absolute Gasteiger partial charge is 0.264 e. The molecule has 0 unspecified atom stereocenters. The number of carbonyl (C=O) groups excluding carboxylic acids is 1. The lowest BCUT2D eigenvalue weighted by molar-refractivity contribution is -0.120. The van der Waals surface area contributed by atoms with E-state index in [0.29, 0.717) is 0 Å². The minimum atomic E-state index is -0.00583. The molecule has 0 atom stereocenters. The molecule has 0 fully saturated rings. The average Bonchev–Trinajstić information content (AvgIpc) is 2.12. The third-order valence-electron chi connectivity index (χ3n) is 2.01. The van der Waals surface area contributed by atoms with E-state index in [1.165, 1.54) is 0 Å². The van der Waals surface area contributed by atoms with E-state index in [2.05, 4.69) is 22.6 Å². The van der Waals surface area contributed by atoms with E-state index in [4.69, 9.17) is 4.74 Å². The van der Waals surface area contributed by atoms with Crippen molar-refractivity contribution in [2.24, 2.45) is 0 Å². The van der Waals surface area contributed by atoms with E-state index in [0.717, 1.165) is 15.0 Å². The third-order valence-corrected chi connectivity index (χ3v) is 2.68. The molecule has 0 aromatic heterocycles. The highest BCUT2D eigenvalue weighted by molar-refractivity contribution is 14.1. The molecule has 3 nitrogen and oxygen atoms in total. The number of hydrogen-bond acceptors (Lipinski definition) is 2. The number of rotatable bonds is 0. The second kappa shape index (κ2) is 3.17. The molecule has 0 spiro atoms. The standard InChI is InChI=1S/C9H8INO2/c1-11-7-3-2-6(10)4-8(7)13-5-9(11)12/h2-4H,5H2,1H3. The third kappa shape index (κ3) is 1.50. The van der Waals surface area contributed by atoms with Crippen LogP contribution in [0, 0.1) is 3.57 Å². The summed E-state index contributed by atoms with van der Waals surface area (Å²) < 4.78 is 6.40. The first-order valence-corrected chi connectivity index (χ1v) is 4.95. The lowest BCUT2D eigenvalue weighted by Crippen LogP contribution is -2.35. The highest BCUT2D eigenvalue weighted by Crippen LogP contribution is 2.32. The quantitative estimate of drug-likeness (QED) is 0.680. The van der Waals surface area contributed by atoms with Gasteiger partial charge in [0.25, 0.3) is 5.91 Å². The number of anilines is 1. The van der Waals surface area contributed by atoms with Gasteiger partial charge in [-0.3, -0.25) is 4.79 Å². The summed E-state index contributed by atoms with van der Waals surface area (Å²) >= 11 is 2.21. The second-order valence-corrected chi connectivity index (χ2v) is 4.10. The first kappa shape index (κ1) is 8.80. The topological polar surface area (TPSA) is 29.5 Å². The number of likely N-dealkylation sites (N-methyl/N-ethyl adjacent to an activating group) is 1. The number of amides is 1. The van der Waals surface area contributed by atoms with Crippen LogP contribution in [0.2, 0.25) is 0 Å². The molecule has 1 amide bonds. The molecule has 13 heavy (non-hydrogen) atoms. The maximum atomic E-state index is 11.2. The van der Waals surface area contributed by atoms with E-state index in [1.807, 2.05) is 18.2 Å². The van der Waals surface area contributed by atoms with Crippen LogP contribution in [0.5, 0.6) is 5.75 Å². The van der Waals surface area contributed by atoms with Gasteiger partial charge in [-0.2, -0.15) is 0 Å². The number of carbonyl (C=O) groups is 1. The highest BCUT2D eigenvalue weighted by Gasteiger charge is 2.21. The summed E-state index contributed by atoms with van der Waals surface area (Å²) in [4.78, 5) is 12.9. The van der Waals surface area contributed by atoms with Gasteiger partial charge in [-0.15, -0.1) is 0 Å². The van der Waals surface area contributed by atoms with Crippen molar-refractivity contribution in [3.63, 3.8) is 0 Å². The Kier molecular flexibility index (Phi) is 2.15. The van der Waals surface area contributed by atoms with Crippen molar-refractivity contribution in [3.8, 4) is 5.75 Å². The second-order valence-electron chi connectivity index (χ2n) is 2.85. The summed E-state index contributed by atoms with van der Waals surface area (Å²) in [7, 11) is 1.76. The van der Waals surface area contributed by atoms with E-state index in [1.54, 1.807) is 11.9 Å².